The number of aliphatic hydroxyl groups is 1. The smallest absolute Gasteiger partial charge is 0.408 e. The molecule has 0 saturated carbocycles. The number of imide groups is 1. The lowest BCUT2D eigenvalue weighted by Gasteiger charge is -2.43. The molecule has 5 aromatic rings. The Kier molecular flexibility index (Phi) is 12.8. The van der Waals surface area contributed by atoms with Gasteiger partial charge in [-0.1, -0.05) is 97.9 Å². The fraction of sp³-hybridized carbons (Fsp3) is 0.327. The number of carbonyl (C=O) groups is 3. The molecule has 8 rings (SSSR count). The summed E-state index contributed by atoms with van der Waals surface area (Å²) in [6.45, 7) is 4.57. The van der Waals surface area contributed by atoms with Crippen LogP contribution in [-0.4, -0.2) is 72.3 Å². The van der Waals surface area contributed by atoms with E-state index in [1.54, 1.807) is 14.2 Å². The number of likely N-dealkylation sites (tertiary alicyclic amines) is 1. The van der Waals surface area contributed by atoms with E-state index in [4.69, 9.17) is 23.7 Å². The van der Waals surface area contributed by atoms with Crippen LogP contribution in [0, 0.1) is 5.92 Å². The summed E-state index contributed by atoms with van der Waals surface area (Å²) in [5.74, 6) is 0.623. The summed E-state index contributed by atoms with van der Waals surface area (Å²) >= 11 is 0. The van der Waals surface area contributed by atoms with Crippen LogP contribution in [-0.2, 0) is 56.5 Å². The first-order chi connectivity index (χ1) is 29.7. The minimum atomic E-state index is -0.993. The normalized spacial score (nSPS) is 21.5. The Morgan fingerprint density at radius 2 is 1.49 bits per heavy atom. The Hall–Kier alpha value is -6.05. The third-order valence-electron chi connectivity index (χ3n) is 11.9. The summed E-state index contributed by atoms with van der Waals surface area (Å²) < 4.78 is 30.2. The Balaban J connectivity index is 0.976. The molecule has 0 aromatic heterocycles. The van der Waals surface area contributed by atoms with Gasteiger partial charge >= 0.3 is 6.09 Å². The number of ether oxygens (including phenoxy) is 5. The first-order valence-electron chi connectivity index (χ1n) is 20.7. The summed E-state index contributed by atoms with van der Waals surface area (Å²) in [4.78, 5) is 42.5. The van der Waals surface area contributed by atoms with Crippen molar-refractivity contribution in [3.05, 3.63) is 154 Å². The predicted octanol–water partition coefficient (Wildman–Crippen LogP) is 7.27. The van der Waals surface area contributed by atoms with Crippen LogP contribution in [0.1, 0.15) is 64.7 Å². The van der Waals surface area contributed by atoms with Gasteiger partial charge < -0.3 is 34.1 Å². The quantitative estimate of drug-likeness (QED) is 0.117. The SMILES string of the molecule is COc1cc2c(cc1OC)CN(C[C@@H]1O[C@H](c3cccc(-c4cccc(CN5C(=O)CC(NC(=O)OCc6ccccc6)C5=O)c4)c3)O[C@H](c3ccc(CO)cc3)[C@@H]1C)CC2. The Labute approximate surface area is 355 Å². The molecule has 5 atom stereocenters. The van der Waals surface area contributed by atoms with E-state index in [9.17, 15) is 19.5 Å². The van der Waals surface area contributed by atoms with E-state index in [-0.39, 0.29) is 50.2 Å². The second-order valence-corrected chi connectivity index (χ2v) is 15.9. The van der Waals surface area contributed by atoms with Gasteiger partial charge in [0, 0.05) is 31.1 Å². The van der Waals surface area contributed by atoms with Gasteiger partial charge in [-0.15, -0.1) is 0 Å². The van der Waals surface area contributed by atoms with Crippen LogP contribution in [0.3, 0.4) is 0 Å². The van der Waals surface area contributed by atoms with E-state index in [0.29, 0.717) is 12.3 Å². The number of rotatable bonds is 13. The van der Waals surface area contributed by atoms with Crippen molar-refractivity contribution in [2.24, 2.45) is 5.92 Å². The molecule has 5 aromatic carbocycles. The molecule has 12 heteroatoms. The standard InChI is InChI=1S/C49H51N3O9/c1-31-44(28-51-20-19-38-23-42(57-2)43(58-3)24-40(38)27-51)60-48(61-46(31)35-17-15-32(29-53)16-18-35)39-14-8-13-37(22-39)36-12-7-11-34(21-36)26-52-45(54)25-41(47(52)55)50-49(56)59-30-33-9-5-4-6-10-33/h4-18,21-24,31,41,44,46,48,53H,19-20,25-30H2,1-3H3,(H,50,56)/t31-,41?,44+,46+,48+/m1/s1. The van der Waals surface area contributed by atoms with Crippen LogP contribution >= 0.6 is 0 Å². The van der Waals surface area contributed by atoms with Gasteiger partial charge in [-0.05, 0) is 75.2 Å². The van der Waals surface area contributed by atoms with Crippen LogP contribution in [0.5, 0.6) is 11.5 Å². The Morgan fingerprint density at radius 3 is 2.23 bits per heavy atom. The fourth-order valence-electron chi connectivity index (χ4n) is 8.45. The van der Waals surface area contributed by atoms with Crippen molar-refractivity contribution < 1.29 is 43.2 Å². The molecular formula is C49H51N3O9. The number of fused-ring (bicyclic) bond motifs is 1. The van der Waals surface area contributed by atoms with Gasteiger partial charge in [-0.25, -0.2) is 4.79 Å². The summed E-state index contributed by atoms with van der Waals surface area (Å²) in [6.07, 6.45) is -1.12. The molecule has 12 nitrogen and oxygen atoms in total. The number of hydrogen-bond acceptors (Lipinski definition) is 10. The van der Waals surface area contributed by atoms with Crippen LogP contribution in [0.15, 0.2) is 115 Å². The maximum Gasteiger partial charge on any atom is 0.408 e. The molecule has 3 aliphatic heterocycles. The molecule has 1 unspecified atom stereocenters. The van der Waals surface area contributed by atoms with Crippen molar-refractivity contribution in [2.45, 2.75) is 70.6 Å². The molecule has 316 valence electrons. The van der Waals surface area contributed by atoms with Crippen LogP contribution < -0.4 is 14.8 Å². The highest BCUT2D eigenvalue weighted by molar-refractivity contribution is 6.06. The highest BCUT2D eigenvalue weighted by atomic mass is 16.7. The van der Waals surface area contributed by atoms with Crippen molar-refractivity contribution in [2.75, 3.05) is 27.3 Å². The van der Waals surface area contributed by atoms with E-state index < -0.39 is 24.3 Å². The fourth-order valence-corrected chi connectivity index (χ4v) is 8.45. The summed E-state index contributed by atoms with van der Waals surface area (Å²) in [6, 6.07) is 36.1. The number of benzene rings is 5. The molecular weight excluding hydrogens is 775 g/mol. The van der Waals surface area contributed by atoms with Crippen LogP contribution in [0.4, 0.5) is 4.79 Å². The van der Waals surface area contributed by atoms with E-state index in [2.05, 4.69) is 35.3 Å². The van der Waals surface area contributed by atoms with E-state index in [1.165, 1.54) is 16.0 Å². The maximum atomic E-state index is 13.3. The zero-order valence-corrected chi connectivity index (χ0v) is 34.6. The molecule has 61 heavy (non-hydrogen) atoms. The molecule has 2 fully saturated rings. The third kappa shape index (κ3) is 9.48. The van der Waals surface area contributed by atoms with Gasteiger partial charge in [0.2, 0.25) is 5.91 Å². The molecule has 3 aliphatic rings. The Morgan fingerprint density at radius 1 is 0.787 bits per heavy atom. The monoisotopic (exact) mass is 825 g/mol. The minimum absolute atomic E-state index is 0.00799. The zero-order valence-electron chi connectivity index (χ0n) is 34.6. The van der Waals surface area contributed by atoms with Gasteiger partial charge in [-0.2, -0.15) is 0 Å². The highest BCUT2D eigenvalue weighted by Crippen LogP contribution is 2.43. The van der Waals surface area contributed by atoms with Crippen molar-refractivity contribution in [3.8, 4) is 22.6 Å². The third-order valence-corrected chi connectivity index (χ3v) is 11.9. The number of amides is 3. The van der Waals surface area contributed by atoms with Crippen LogP contribution in [0.2, 0.25) is 0 Å². The number of methoxy groups -OCH3 is 2. The average molecular weight is 826 g/mol. The summed E-state index contributed by atoms with van der Waals surface area (Å²) in [5.41, 5.74) is 8.56. The largest absolute Gasteiger partial charge is 0.493 e. The first-order valence-corrected chi connectivity index (χ1v) is 20.7. The number of hydrogen-bond donors (Lipinski definition) is 2. The summed E-state index contributed by atoms with van der Waals surface area (Å²) in [5, 5.41) is 12.3. The van der Waals surface area contributed by atoms with E-state index in [0.717, 1.165) is 64.2 Å². The topological polar surface area (TPSA) is 136 Å². The maximum absolute atomic E-state index is 13.3. The second-order valence-electron chi connectivity index (χ2n) is 15.9. The molecule has 3 amide bonds. The Bertz CT molecular complexity index is 2350. The lowest BCUT2D eigenvalue weighted by molar-refractivity contribution is -0.276. The van der Waals surface area contributed by atoms with E-state index in [1.807, 2.05) is 97.1 Å². The number of nitrogens with zero attached hydrogens (tertiary/aromatic N) is 2. The number of alkyl carbamates (subject to hydrolysis) is 1. The van der Waals surface area contributed by atoms with Gasteiger partial charge in [-0.3, -0.25) is 19.4 Å². The summed E-state index contributed by atoms with van der Waals surface area (Å²) in [7, 11) is 3.32. The zero-order chi connectivity index (χ0) is 42.5. The van der Waals surface area contributed by atoms with E-state index >= 15 is 0 Å². The van der Waals surface area contributed by atoms with Gasteiger partial charge in [0.25, 0.3) is 5.91 Å². The minimum Gasteiger partial charge on any atom is -0.493 e. The molecule has 0 spiro atoms. The molecule has 0 bridgehead atoms. The second kappa shape index (κ2) is 18.7. The molecule has 0 radical (unpaired) electrons. The van der Waals surface area contributed by atoms with Gasteiger partial charge in [0.1, 0.15) is 12.6 Å². The molecule has 2 saturated heterocycles. The molecule has 0 aliphatic carbocycles. The van der Waals surface area contributed by atoms with Crippen molar-refractivity contribution in [1.29, 1.82) is 0 Å². The number of carbonyl (C=O) groups excluding carboxylic acids is 3. The number of aliphatic hydroxyl groups excluding tert-OH is 1. The first kappa shape index (κ1) is 41.7. The number of nitrogens with one attached hydrogen (secondary N) is 1. The highest BCUT2D eigenvalue weighted by Gasteiger charge is 2.41. The van der Waals surface area contributed by atoms with Crippen molar-refractivity contribution in [3.63, 3.8) is 0 Å². The van der Waals surface area contributed by atoms with Crippen LogP contribution in [0.25, 0.3) is 11.1 Å². The van der Waals surface area contributed by atoms with Gasteiger partial charge in [0.05, 0.1) is 46.0 Å². The lowest BCUT2D eigenvalue weighted by atomic mass is 9.89. The van der Waals surface area contributed by atoms with Crippen molar-refractivity contribution in [1.82, 2.24) is 15.1 Å². The average Bonchev–Trinajstić information content (AvgIpc) is 3.55. The lowest BCUT2D eigenvalue weighted by Crippen LogP contribution is -2.45. The van der Waals surface area contributed by atoms with Crippen molar-refractivity contribution >= 4 is 17.9 Å². The van der Waals surface area contributed by atoms with Gasteiger partial charge in [0.15, 0.2) is 17.8 Å². The predicted molar refractivity (Wildman–Crippen MR) is 227 cm³/mol. The molecule has 3 heterocycles. The molecule has 2 N–H and O–H groups in total.